The van der Waals surface area contributed by atoms with E-state index in [-0.39, 0.29) is 12.4 Å². The van der Waals surface area contributed by atoms with Crippen molar-refractivity contribution in [3.8, 4) is 0 Å². The number of hydrogen-bond donors (Lipinski definition) is 1. The van der Waals surface area contributed by atoms with Crippen molar-refractivity contribution in [2.45, 2.75) is 13.3 Å². The number of halogens is 1. The Bertz CT molecular complexity index is 205. The number of aromatic amines is 1. The van der Waals surface area contributed by atoms with Gasteiger partial charge in [0.25, 0.3) is 0 Å². The monoisotopic (exact) mass is 158 g/mol. The predicted molar refractivity (Wildman–Crippen MR) is 44.5 cm³/mol. The third kappa shape index (κ3) is 2.23. The van der Waals surface area contributed by atoms with Gasteiger partial charge >= 0.3 is 0 Å². The number of aryl methyl sites for hydroxylation is 1. The van der Waals surface area contributed by atoms with Crippen molar-refractivity contribution < 1.29 is 0 Å². The first-order valence-corrected chi connectivity index (χ1v) is 2.94. The Labute approximate surface area is 66.8 Å². The number of hydrogen-bond acceptors (Lipinski definition) is 1. The van der Waals surface area contributed by atoms with Crippen molar-refractivity contribution >= 4 is 12.4 Å². The molecule has 1 N–H and O–H groups in total. The maximum atomic E-state index is 4.08. The number of nitrogens with zero attached hydrogens (tertiary/aromatic N) is 1. The highest BCUT2D eigenvalue weighted by molar-refractivity contribution is 5.85. The normalized spacial score (nSPS) is 8.50. The molecule has 0 aliphatic rings. The highest BCUT2D eigenvalue weighted by Gasteiger charge is 1.90. The van der Waals surface area contributed by atoms with Gasteiger partial charge in [-0.1, -0.05) is 6.08 Å². The molecule has 0 saturated heterocycles. The summed E-state index contributed by atoms with van der Waals surface area (Å²) in [5.41, 5.74) is 1.10. The second kappa shape index (κ2) is 4.12. The van der Waals surface area contributed by atoms with Crippen molar-refractivity contribution in [1.29, 1.82) is 0 Å². The number of aromatic nitrogens is 2. The molecule has 0 aromatic carbocycles. The Morgan fingerprint density at radius 2 is 2.50 bits per heavy atom. The lowest BCUT2D eigenvalue weighted by atomic mass is 10.4. The van der Waals surface area contributed by atoms with Crippen LogP contribution in [0.2, 0.25) is 0 Å². The van der Waals surface area contributed by atoms with Crippen LogP contribution in [0.4, 0.5) is 0 Å². The van der Waals surface area contributed by atoms with Gasteiger partial charge in [0.1, 0.15) is 5.82 Å². The molecular weight excluding hydrogens is 148 g/mol. The van der Waals surface area contributed by atoms with Crippen LogP contribution >= 0.6 is 12.4 Å². The Hall–Kier alpha value is -0.760. The van der Waals surface area contributed by atoms with E-state index in [1.54, 1.807) is 0 Å². The first-order chi connectivity index (χ1) is 4.33. The van der Waals surface area contributed by atoms with E-state index in [0.29, 0.717) is 0 Å². The molecule has 0 bridgehead atoms. The number of H-pyrrole nitrogens is 1. The number of allylic oxidation sites excluding steroid dienone is 1. The van der Waals surface area contributed by atoms with Crippen LogP contribution in [0.25, 0.3) is 0 Å². The summed E-state index contributed by atoms with van der Waals surface area (Å²) in [6.45, 7) is 5.59. The third-order valence-corrected chi connectivity index (χ3v) is 1.09. The van der Waals surface area contributed by atoms with Gasteiger partial charge in [0, 0.05) is 18.3 Å². The van der Waals surface area contributed by atoms with E-state index < -0.39 is 0 Å². The molecule has 0 unspecified atom stereocenters. The minimum atomic E-state index is 0. The van der Waals surface area contributed by atoms with Gasteiger partial charge in [-0.25, -0.2) is 4.98 Å². The highest BCUT2D eigenvalue weighted by atomic mass is 35.5. The average Bonchev–Trinajstić information content (AvgIpc) is 2.17. The summed E-state index contributed by atoms with van der Waals surface area (Å²) in [6, 6.07) is 0. The van der Waals surface area contributed by atoms with Gasteiger partial charge in [0.2, 0.25) is 0 Å². The topological polar surface area (TPSA) is 28.7 Å². The van der Waals surface area contributed by atoms with Crippen LogP contribution in [0.5, 0.6) is 0 Å². The van der Waals surface area contributed by atoms with Gasteiger partial charge in [0.15, 0.2) is 0 Å². The fourth-order valence-corrected chi connectivity index (χ4v) is 0.707. The highest BCUT2D eigenvalue weighted by Crippen LogP contribution is 1.94. The van der Waals surface area contributed by atoms with Crippen LogP contribution in [-0.4, -0.2) is 9.97 Å². The van der Waals surface area contributed by atoms with Crippen molar-refractivity contribution in [2.24, 2.45) is 0 Å². The summed E-state index contributed by atoms with van der Waals surface area (Å²) >= 11 is 0. The molecule has 56 valence electrons. The molecule has 10 heavy (non-hydrogen) atoms. The van der Waals surface area contributed by atoms with E-state index in [1.807, 2.05) is 19.2 Å². The predicted octanol–water partition coefficient (Wildman–Crippen LogP) is 1.87. The second-order valence-electron chi connectivity index (χ2n) is 2.01. The Balaban J connectivity index is 0.000000810. The molecule has 1 rings (SSSR count). The van der Waals surface area contributed by atoms with Crippen LogP contribution < -0.4 is 0 Å². The maximum absolute atomic E-state index is 4.08. The van der Waals surface area contributed by atoms with E-state index in [0.717, 1.165) is 17.9 Å². The smallest absolute Gasteiger partial charge is 0.110 e. The summed E-state index contributed by atoms with van der Waals surface area (Å²) < 4.78 is 0. The standard InChI is InChI=1S/C7H10N2.ClH/c1-3-4-7-8-5-6(2)9-7;/h3,5H,1,4H2,2H3,(H,8,9);1H. The van der Waals surface area contributed by atoms with Crippen LogP contribution in [0.15, 0.2) is 18.9 Å². The van der Waals surface area contributed by atoms with Gasteiger partial charge in [-0.15, -0.1) is 19.0 Å². The molecule has 0 fully saturated rings. The van der Waals surface area contributed by atoms with Gasteiger partial charge in [-0.2, -0.15) is 0 Å². The summed E-state index contributed by atoms with van der Waals surface area (Å²) in [5.74, 6) is 0.988. The van der Waals surface area contributed by atoms with Gasteiger partial charge in [0.05, 0.1) is 0 Å². The Kier molecular flexibility index (Phi) is 3.81. The lowest BCUT2D eigenvalue weighted by molar-refractivity contribution is 1.05. The van der Waals surface area contributed by atoms with Crippen LogP contribution in [0, 0.1) is 6.92 Å². The molecule has 1 aromatic heterocycles. The first kappa shape index (κ1) is 9.24. The SMILES string of the molecule is C=CCc1ncc(C)[nH]1.Cl. The van der Waals surface area contributed by atoms with E-state index in [4.69, 9.17) is 0 Å². The summed E-state index contributed by atoms with van der Waals surface area (Å²) in [6.07, 6.45) is 4.48. The van der Waals surface area contributed by atoms with Crippen molar-refractivity contribution in [1.82, 2.24) is 9.97 Å². The van der Waals surface area contributed by atoms with E-state index in [2.05, 4.69) is 16.5 Å². The summed E-state index contributed by atoms with van der Waals surface area (Å²) in [5, 5.41) is 0. The summed E-state index contributed by atoms with van der Waals surface area (Å²) in [7, 11) is 0. The van der Waals surface area contributed by atoms with Crippen molar-refractivity contribution in [2.75, 3.05) is 0 Å². The molecule has 1 aromatic rings. The van der Waals surface area contributed by atoms with Gasteiger partial charge < -0.3 is 4.98 Å². The van der Waals surface area contributed by atoms with Gasteiger partial charge in [-0.05, 0) is 6.92 Å². The maximum Gasteiger partial charge on any atom is 0.110 e. The van der Waals surface area contributed by atoms with Crippen LogP contribution in [0.1, 0.15) is 11.5 Å². The molecule has 0 atom stereocenters. The molecule has 0 saturated carbocycles. The minimum absolute atomic E-state index is 0. The first-order valence-electron chi connectivity index (χ1n) is 2.94. The largest absolute Gasteiger partial charge is 0.346 e. The number of rotatable bonds is 2. The molecule has 0 aliphatic carbocycles. The molecule has 0 amide bonds. The van der Waals surface area contributed by atoms with E-state index in [9.17, 15) is 0 Å². The second-order valence-corrected chi connectivity index (χ2v) is 2.01. The molecule has 1 heterocycles. The molecule has 2 nitrogen and oxygen atoms in total. The molecule has 0 spiro atoms. The lowest BCUT2D eigenvalue weighted by Crippen LogP contribution is -1.81. The number of nitrogens with one attached hydrogen (secondary N) is 1. The molecule has 0 radical (unpaired) electrons. The van der Waals surface area contributed by atoms with Crippen molar-refractivity contribution in [3.63, 3.8) is 0 Å². The molecular formula is C7H11ClN2. The minimum Gasteiger partial charge on any atom is -0.346 e. The van der Waals surface area contributed by atoms with Crippen LogP contribution in [-0.2, 0) is 6.42 Å². The average molecular weight is 159 g/mol. The molecule has 0 aliphatic heterocycles. The fraction of sp³-hybridized carbons (Fsp3) is 0.286. The molecule has 3 heteroatoms. The zero-order valence-corrected chi connectivity index (χ0v) is 6.74. The fourth-order valence-electron chi connectivity index (χ4n) is 0.707. The summed E-state index contributed by atoms with van der Waals surface area (Å²) in [4.78, 5) is 7.17. The zero-order valence-electron chi connectivity index (χ0n) is 5.92. The third-order valence-electron chi connectivity index (χ3n) is 1.09. The van der Waals surface area contributed by atoms with Crippen molar-refractivity contribution in [3.05, 3.63) is 30.4 Å². The van der Waals surface area contributed by atoms with Gasteiger partial charge in [-0.3, -0.25) is 0 Å². The Morgan fingerprint density at radius 3 is 2.90 bits per heavy atom. The lowest BCUT2D eigenvalue weighted by Gasteiger charge is -1.84. The van der Waals surface area contributed by atoms with E-state index >= 15 is 0 Å². The number of imidazole rings is 1. The van der Waals surface area contributed by atoms with Crippen LogP contribution in [0.3, 0.4) is 0 Å². The Morgan fingerprint density at radius 1 is 1.80 bits per heavy atom. The quantitative estimate of drug-likeness (QED) is 0.655. The van der Waals surface area contributed by atoms with E-state index in [1.165, 1.54) is 0 Å². The zero-order chi connectivity index (χ0) is 6.69.